The molecule has 180 valence electrons. The molecular formula is C24H34N4O5. The van der Waals surface area contributed by atoms with Crippen molar-refractivity contribution in [3.63, 3.8) is 0 Å². The minimum atomic E-state index is -0.617. The lowest BCUT2D eigenvalue weighted by molar-refractivity contribution is -0.134. The highest BCUT2D eigenvalue weighted by Crippen LogP contribution is 2.32. The van der Waals surface area contributed by atoms with Crippen LogP contribution in [-0.4, -0.2) is 72.2 Å². The average molecular weight is 459 g/mol. The second-order valence-corrected chi connectivity index (χ2v) is 10.1. The van der Waals surface area contributed by atoms with E-state index in [1.807, 2.05) is 25.7 Å². The van der Waals surface area contributed by atoms with Crippen LogP contribution in [0.3, 0.4) is 0 Å². The van der Waals surface area contributed by atoms with Crippen molar-refractivity contribution in [1.82, 2.24) is 20.4 Å². The number of carbonyl (C=O) groups is 3. The fraction of sp³-hybridized carbons (Fsp3) is 0.625. The number of hydrogen-bond donors (Lipinski definition) is 2. The maximum atomic E-state index is 13.4. The molecule has 0 unspecified atom stereocenters. The van der Waals surface area contributed by atoms with E-state index >= 15 is 0 Å². The number of fused-ring (bicyclic) bond motifs is 1. The Morgan fingerprint density at radius 2 is 1.64 bits per heavy atom. The zero-order chi connectivity index (χ0) is 23.6. The third-order valence-electron chi connectivity index (χ3n) is 6.39. The first-order valence-corrected chi connectivity index (χ1v) is 11.8. The Balaban J connectivity index is 1.44. The molecule has 3 aliphatic heterocycles. The molecule has 2 N–H and O–H groups in total. The number of urea groups is 1. The number of amides is 4. The molecule has 0 saturated carbocycles. The summed E-state index contributed by atoms with van der Waals surface area (Å²) in [5.41, 5.74) is 0.126. The molecule has 0 aromatic heterocycles. The predicted molar refractivity (Wildman–Crippen MR) is 122 cm³/mol. The van der Waals surface area contributed by atoms with Crippen molar-refractivity contribution in [2.24, 2.45) is 5.92 Å². The SMILES string of the molecule is CC(C)(C)NC(=O)N1CCC([C@@H](NC(=O)c2ccc3c(c2)OCO3)C(=O)N2CCCC2)CC1. The maximum Gasteiger partial charge on any atom is 0.317 e. The number of ether oxygens (including phenoxy) is 2. The summed E-state index contributed by atoms with van der Waals surface area (Å²) in [7, 11) is 0. The van der Waals surface area contributed by atoms with E-state index in [9.17, 15) is 14.4 Å². The number of hydrogen-bond acceptors (Lipinski definition) is 5. The van der Waals surface area contributed by atoms with Crippen LogP contribution in [0.1, 0.15) is 56.8 Å². The van der Waals surface area contributed by atoms with Crippen LogP contribution in [0.25, 0.3) is 0 Å². The lowest BCUT2D eigenvalue weighted by atomic mass is 9.88. The number of nitrogens with zero attached hydrogens (tertiary/aromatic N) is 2. The van der Waals surface area contributed by atoms with Gasteiger partial charge in [-0.2, -0.15) is 0 Å². The lowest BCUT2D eigenvalue weighted by Crippen LogP contribution is -2.56. The quantitative estimate of drug-likeness (QED) is 0.722. The van der Waals surface area contributed by atoms with Crippen molar-refractivity contribution in [3.8, 4) is 11.5 Å². The van der Waals surface area contributed by atoms with E-state index in [1.54, 1.807) is 23.1 Å². The predicted octanol–water partition coefficient (Wildman–Crippen LogP) is 2.36. The normalized spacial score (nSPS) is 19.4. The molecule has 0 spiro atoms. The van der Waals surface area contributed by atoms with E-state index in [1.165, 1.54) is 0 Å². The fourth-order valence-electron chi connectivity index (χ4n) is 4.61. The van der Waals surface area contributed by atoms with Gasteiger partial charge in [0.1, 0.15) is 6.04 Å². The molecule has 0 radical (unpaired) electrons. The van der Waals surface area contributed by atoms with E-state index in [2.05, 4.69) is 10.6 Å². The van der Waals surface area contributed by atoms with Gasteiger partial charge in [-0.05, 0) is 70.6 Å². The summed E-state index contributed by atoms with van der Waals surface area (Å²) >= 11 is 0. The van der Waals surface area contributed by atoms with Gasteiger partial charge in [0.15, 0.2) is 11.5 Å². The van der Waals surface area contributed by atoms with Gasteiger partial charge in [0, 0.05) is 37.3 Å². The highest BCUT2D eigenvalue weighted by atomic mass is 16.7. The van der Waals surface area contributed by atoms with Crippen LogP contribution >= 0.6 is 0 Å². The molecule has 33 heavy (non-hydrogen) atoms. The van der Waals surface area contributed by atoms with Crippen LogP contribution in [0.5, 0.6) is 11.5 Å². The van der Waals surface area contributed by atoms with Crippen LogP contribution in [0.15, 0.2) is 18.2 Å². The summed E-state index contributed by atoms with van der Waals surface area (Å²) in [6, 6.07) is 4.33. The maximum absolute atomic E-state index is 13.4. The van der Waals surface area contributed by atoms with Crippen molar-refractivity contribution < 1.29 is 23.9 Å². The molecular weight excluding hydrogens is 424 g/mol. The molecule has 1 atom stereocenters. The van der Waals surface area contributed by atoms with E-state index in [-0.39, 0.29) is 36.1 Å². The van der Waals surface area contributed by atoms with Gasteiger partial charge in [0.25, 0.3) is 5.91 Å². The minimum Gasteiger partial charge on any atom is -0.454 e. The highest BCUT2D eigenvalue weighted by molar-refractivity contribution is 5.98. The van der Waals surface area contributed by atoms with Crippen molar-refractivity contribution in [3.05, 3.63) is 23.8 Å². The van der Waals surface area contributed by atoms with Crippen LogP contribution in [0.4, 0.5) is 4.79 Å². The zero-order valence-corrected chi connectivity index (χ0v) is 19.7. The van der Waals surface area contributed by atoms with Crippen LogP contribution in [0, 0.1) is 5.92 Å². The molecule has 2 fully saturated rings. The summed E-state index contributed by atoms with van der Waals surface area (Å²) in [4.78, 5) is 42.6. The molecule has 3 aliphatic rings. The molecule has 0 bridgehead atoms. The number of nitrogens with one attached hydrogen (secondary N) is 2. The average Bonchev–Trinajstić information content (AvgIpc) is 3.47. The Hall–Kier alpha value is -2.97. The van der Waals surface area contributed by atoms with Crippen molar-refractivity contribution in [1.29, 1.82) is 0 Å². The van der Waals surface area contributed by atoms with Gasteiger partial charge in [0.05, 0.1) is 0 Å². The van der Waals surface area contributed by atoms with E-state index < -0.39 is 6.04 Å². The fourth-order valence-corrected chi connectivity index (χ4v) is 4.61. The molecule has 0 aliphatic carbocycles. The Morgan fingerprint density at radius 3 is 2.30 bits per heavy atom. The third kappa shape index (κ3) is 5.51. The molecule has 9 nitrogen and oxygen atoms in total. The van der Waals surface area contributed by atoms with Gasteiger partial charge in [0.2, 0.25) is 12.7 Å². The summed E-state index contributed by atoms with van der Waals surface area (Å²) in [5, 5.41) is 6.00. The molecule has 1 aromatic carbocycles. The summed E-state index contributed by atoms with van der Waals surface area (Å²) in [6.07, 6.45) is 3.28. The van der Waals surface area contributed by atoms with Crippen molar-refractivity contribution >= 4 is 17.8 Å². The first kappa shape index (κ1) is 23.2. The van der Waals surface area contributed by atoms with Crippen molar-refractivity contribution in [2.75, 3.05) is 33.0 Å². The highest BCUT2D eigenvalue weighted by Gasteiger charge is 2.37. The first-order valence-electron chi connectivity index (χ1n) is 11.8. The Kier molecular flexibility index (Phi) is 6.67. The Labute approximate surface area is 194 Å². The van der Waals surface area contributed by atoms with E-state index in [0.717, 1.165) is 25.9 Å². The van der Waals surface area contributed by atoms with Gasteiger partial charge < -0.3 is 29.9 Å². The van der Waals surface area contributed by atoms with Gasteiger partial charge in [-0.15, -0.1) is 0 Å². The first-order chi connectivity index (χ1) is 15.7. The standard InChI is InChI=1S/C24H34N4O5/c1-24(2,3)26-23(31)28-12-8-16(9-13-28)20(22(30)27-10-4-5-11-27)25-21(29)17-6-7-18-19(14-17)33-15-32-18/h6-7,14,16,20H,4-5,8-13,15H2,1-3H3,(H,25,29)(H,26,31)/t20-/m1/s1. The number of rotatable bonds is 4. The van der Waals surface area contributed by atoms with Gasteiger partial charge >= 0.3 is 6.03 Å². The largest absolute Gasteiger partial charge is 0.454 e. The van der Waals surface area contributed by atoms with E-state index in [4.69, 9.17) is 9.47 Å². The number of carbonyl (C=O) groups excluding carboxylic acids is 3. The van der Waals surface area contributed by atoms with Crippen LogP contribution in [0.2, 0.25) is 0 Å². The topological polar surface area (TPSA) is 100 Å². The monoisotopic (exact) mass is 458 g/mol. The molecule has 9 heteroatoms. The summed E-state index contributed by atoms with van der Waals surface area (Å²) in [5.74, 6) is 0.771. The Morgan fingerprint density at radius 1 is 0.970 bits per heavy atom. The summed E-state index contributed by atoms with van der Waals surface area (Å²) < 4.78 is 10.7. The number of likely N-dealkylation sites (tertiary alicyclic amines) is 2. The second kappa shape index (κ2) is 9.49. The molecule has 4 rings (SSSR count). The van der Waals surface area contributed by atoms with Gasteiger partial charge in [-0.1, -0.05) is 0 Å². The molecule has 2 saturated heterocycles. The van der Waals surface area contributed by atoms with Crippen LogP contribution in [-0.2, 0) is 4.79 Å². The van der Waals surface area contributed by atoms with Gasteiger partial charge in [-0.25, -0.2) is 4.79 Å². The van der Waals surface area contributed by atoms with Crippen LogP contribution < -0.4 is 20.1 Å². The van der Waals surface area contributed by atoms with Gasteiger partial charge in [-0.3, -0.25) is 9.59 Å². The number of benzene rings is 1. The molecule has 1 aromatic rings. The number of piperidine rings is 1. The smallest absolute Gasteiger partial charge is 0.317 e. The minimum absolute atomic E-state index is 0.0285. The molecule has 3 heterocycles. The Bertz CT molecular complexity index is 899. The summed E-state index contributed by atoms with van der Waals surface area (Å²) in [6.45, 7) is 8.55. The molecule has 4 amide bonds. The second-order valence-electron chi connectivity index (χ2n) is 10.1. The lowest BCUT2D eigenvalue weighted by Gasteiger charge is -2.38. The van der Waals surface area contributed by atoms with E-state index in [0.29, 0.717) is 43.0 Å². The zero-order valence-electron chi connectivity index (χ0n) is 19.7. The third-order valence-corrected chi connectivity index (χ3v) is 6.39. The van der Waals surface area contributed by atoms with Crippen molar-refractivity contribution in [2.45, 2.75) is 58.0 Å².